The van der Waals surface area contributed by atoms with E-state index in [9.17, 15) is 0 Å². The minimum absolute atomic E-state index is 0.455. The predicted molar refractivity (Wildman–Crippen MR) is 115 cm³/mol. The Labute approximate surface area is 158 Å². The van der Waals surface area contributed by atoms with Crippen LogP contribution < -0.4 is 0 Å². The molecule has 0 aromatic heterocycles. The first kappa shape index (κ1) is 22.3. The predicted octanol–water partition coefficient (Wildman–Crippen LogP) is 8.79. The molecule has 0 aromatic rings. The Morgan fingerprint density at radius 3 is 1.84 bits per heavy atom. The molecule has 0 heterocycles. The second kappa shape index (κ2) is 9.24. The second-order valence-electron chi connectivity index (χ2n) is 9.77. The number of rotatable bonds is 3. The summed E-state index contributed by atoms with van der Waals surface area (Å²) in [5.74, 6) is 0. The van der Waals surface area contributed by atoms with Crippen LogP contribution in [0.5, 0.6) is 0 Å². The lowest BCUT2D eigenvalue weighted by atomic mass is 9.71. The van der Waals surface area contributed by atoms with Crippen LogP contribution in [-0.2, 0) is 0 Å². The average molecular weight is 345 g/mol. The van der Waals surface area contributed by atoms with Gasteiger partial charge in [-0.25, -0.2) is 0 Å². The molecule has 0 spiro atoms. The maximum Gasteiger partial charge on any atom is -0.0142 e. The van der Waals surface area contributed by atoms with Crippen molar-refractivity contribution in [3.05, 3.63) is 33.9 Å². The van der Waals surface area contributed by atoms with Gasteiger partial charge in [-0.05, 0) is 96.8 Å². The van der Waals surface area contributed by atoms with Gasteiger partial charge in [0.05, 0.1) is 0 Å². The third-order valence-corrected chi connectivity index (χ3v) is 6.96. The molecular weight excluding hydrogens is 300 g/mol. The summed E-state index contributed by atoms with van der Waals surface area (Å²) in [4.78, 5) is 0. The van der Waals surface area contributed by atoms with Crippen molar-refractivity contribution in [2.45, 2.75) is 114 Å². The van der Waals surface area contributed by atoms with Crippen LogP contribution in [-0.4, -0.2) is 0 Å². The van der Waals surface area contributed by atoms with Gasteiger partial charge in [0.15, 0.2) is 0 Å². The monoisotopic (exact) mass is 344 g/mol. The molecule has 0 aromatic carbocycles. The van der Waals surface area contributed by atoms with Crippen LogP contribution in [0.15, 0.2) is 33.9 Å². The van der Waals surface area contributed by atoms with E-state index >= 15 is 0 Å². The van der Waals surface area contributed by atoms with Gasteiger partial charge in [0.1, 0.15) is 0 Å². The Morgan fingerprint density at radius 1 is 0.880 bits per heavy atom. The van der Waals surface area contributed by atoms with E-state index in [0.717, 1.165) is 0 Å². The van der Waals surface area contributed by atoms with Crippen LogP contribution in [0, 0.1) is 10.8 Å². The zero-order valence-corrected chi connectivity index (χ0v) is 18.7. The van der Waals surface area contributed by atoms with Gasteiger partial charge in [0, 0.05) is 0 Å². The second-order valence-corrected chi connectivity index (χ2v) is 9.77. The van der Waals surface area contributed by atoms with Crippen molar-refractivity contribution in [3.8, 4) is 0 Å². The Morgan fingerprint density at radius 2 is 1.40 bits per heavy atom. The maximum atomic E-state index is 2.41. The lowest BCUT2D eigenvalue weighted by Crippen LogP contribution is -2.20. The lowest BCUT2D eigenvalue weighted by Gasteiger charge is -2.34. The molecule has 0 aliphatic heterocycles. The molecule has 0 saturated heterocycles. The molecule has 0 unspecified atom stereocenters. The van der Waals surface area contributed by atoms with Crippen LogP contribution >= 0.6 is 0 Å². The average Bonchev–Trinajstić information content (AvgIpc) is 2.51. The standard InChI is InChI=1S/C15H26.C10H18/c1-6-12(2)9-10-14-13(3)8-7-11-15(14,4)5;1-8-6-5-7-10(3,4)9(8)2/h6H,7-11H2,1-5H3;5-7H2,1-4H3/b12-6+;. The van der Waals surface area contributed by atoms with Crippen molar-refractivity contribution in [1.82, 2.24) is 0 Å². The number of hydrogen-bond donors (Lipinski definition) is 0. The molecule has 0 N–H and O–H groups in total. The van der Waals surface area contributed by atoms with Crippen molar-refractivity contribution < 1.29 is 0 Å². The van der Waals surface area contributed by atoms with Gasteiger partial charge >= 0.3 is 0 Å². The smallest absolute Gasteiger partial charge is 0.0142 e. The van der Waals surface area contributed by atoms with E-state index in [4.69, 9.17) is 0 Å². The minimum atomic E-state index is 0.455. The van der Waals surface area contributed by atoms with Gasteiger partial charge < -0.3 is 0 Å². The highest BCUT2D eigenvalue weighted by atomic mass is 14.3. The molecule has 2 aliphatic carbocycles. The Kier molecular flexibility index (Phi) is 8.23. The topological polar surface area (TPSA) is 0 Å². The first-order valence-corrected chi connectivity index (χ1v) is 10.5. The highest BCUT2D eigenvalue weighted by Gasteiger charge is 2.27. The van der Waals surface area contributed by atoms with Gasteiger partial charge in [0.2, 0.25) is 0 Å². The lowest BCUT2D eigenvalue weighted by molar-refractivity contribution is 0.354. The molecule has 0 fully saturated rings. The third kappa shape index (κ3) is 6.46. The molecule has 0 bridgehead atoms. The first-order chi connectivity index (χ1) is 11.5. The van der Waals surface area contributed by atoms with Crippen LogP contribution in [0.4, 0.5) is 0 Å². The van der Waals surface area contributed by atoms with Gasteiger partial charge in [-0.3, -0.25) is 0 Å². The zero-order chi connectivity index (χ0) is 19.3. The third-order valence-electron chi connectivity index (χ3n) is 6.96. The van der Waals surface area contributed by atoms with Crippen LogP contribution in [0.3, 0.4) is 0 Å². The highest BCUT2D eigenvalue weighted by molar-refractivity contribution is 5.23. The van der Waals surface area contributed by atoms with Gasteiger partial charge in [-0.15, -0.1) is 0 Å². The summed E-state index contributed by atoms with van der Waals surface area (Å²) in [5.41, 5.74) is 9.11. The van der Waals surface area contributed by atoms with Crippen molar-refractivity contribution in [2.24, 2.45) is 10.8 Å². The molecule has 0 amide bonds. The van der Waals surface area contributed by atoms with Crippen molar-refractivity contribution in [2.75, 3.05) is 0 Å². The highest BCUT2D eigenvalue weighted by Crippen LogP contribution is 2.42. The minimum Gasteiger partial charge on any atom is -0.0887 e. The van der Waals surface area contributed by atoms with E-state index in [-0.39, 0.29) is 0 Å². The molecule has 25 heavy (non-hydrogen) atoms. The molecule has 0 atom stereocenters. The zero-order valence-electron chi connectivity index (χ0n) is 18.7. The van der Waals surface area contributed by atoms with E-state index in [0.29, 0.717) is 10.8 Å². The van der Waals surface area contributed by atoms with E-state index in [1.807, 2.05) is 0 Å². The summed E-state index contributed by atoms with van der Waals surface area (Å²) in [6.07, 6.45) is 12.9. The summed E-state index contributed by atoms with van der Waals surface area (Å²) in [6, 6.07) is 0. The maximum absolute atomic E-state index is 2.41. The molecular formula is C25H44. The molecule has 0 saturated carbocycles. The Bertz CT molecular complexity index is 534. The Balaban J connectivity index is 0.000000271. The summed E-state index contributed by atoms with van der Waals surface area (Å²) in [6.45, 7) is 20.8. The van der Waals surface area contributed by atoms with Gasteiger partial charge in [-0.2, -0.15) is 0 Å². The molecule has 2 aliphatic rings. The molecule has 144 valence electrons. The van der Waals surface area contributed by atoms with E-state index in [1.165, 1.54) is 56.9 Å². The molecule has 0 nitrogen and oxygen atoms in total. The summed E-state index contributed by atoms with van der Waals surface area (Å²) < 4.78 is 0. The largest absolute Gasteiger partial charge is 0.0887 e. The van der Waals surface area contributed by atoms with Crippen LogP contribution in [0.1, 0.15) is 114 Å². The van der Waals surface area contributed by atoms with Gasteiger partial charge in [-0.1, -0.05) is 61.6 Å². The molecule has 0 heteroatoms. The number of allylic oxidation sites excluding steroid dienone is 6. The van der Waals surface area contributed by atoms with E-state index < -0.39 is 0 Å². The van der Waals surface area contributed by atoms with Crippen LogP contribution in [0.25, 0.3) is 0 Å². The van der Waals surface area contributed by atoms with Crippen molar-refractivity contribution in [3.63, 3.8) is 0 Å². The van der Waals surface area contributed by atoms with Crippen molar-refractivity contribution in [1.29, 1.82) is 0 Å². The van der Waals surface area contributed by atoms with E-state index in [2.05, 4.69) is 68.4 Å². The fourth-order valence-corrected chi connectivity index (χ4v) is 4.44. The summed E-state index contributed by atoms with van der Waals surface area (Å²) >= 11 is 0. The Hall–Kier alpha value is -0.780. The fourth-order valence-electron chi connectivity index (χ4n) is 4.44. The number of hydrogen-bond acceptors (Lipinski definition) is 0. The normalized spacial score (nSPS) is 23.3. The quantitative estimate of drug-likeness (QED) is 0.449. The fraction of sp³-hybridized carbons (Fsp3) is 0.760. The summed E-state index contributed by atoms with van der Waals surface area (Å²) in [5, 5.41) is 0. The van der Waals surface area contributed by atoms with Gasteiger partial charge in [0.25, 0.3) is 0 Å². The summed E-state index contributed by atoms with van der Waals surface area (Å²) in [7, 11) is 0. The molecule has 2 rings (SSSR count). The van der Waals surface area contributed by atoms with Crippen LogP contribution in [0.2, 0.25) is 0 Å². The molecule has 0 radical (unpaired) electrons. The van der Waals surface area contributed by atoms with E-state index in [1.54, 1.807) is 22.3 Å². The van der Waals surface area contributed by atoms with Crippen molar-refractivity contribution >= 4 is 0 Å². The SMILES string of the molecule is C/C=C(\C)CCC1=C(C)CCCC1(C)C.CC1=C(C)C(C)(C)CCC1. The first-order valence-electron chi connectivity index (χ1n) is 10.5.